The predicted molar refractivity (Wildman–Crippen MR) is 54.7 cm³/mol. The molecule has 15 heavy (non-hydrogen) atoms. The number of amides is 2. The fraction of sp³-hybridized carbons (Fsp3) is 0.778. The van der Waals surface area contributed by atoms with E-state index in [2.05, 4.69) is 10.6 Å². The first-order chi connectivity index (χ1) is 7.07. The Labute approximate surface area is 89.0 Å². The lowest BCUT2D eigenvalue weighted by Gasteiger charge is -2.09. The summed E-state index contributed by atoms with van der Waals surface area (Å²) in [6.45, 7) is 2.77. The largest absolute Gasteiger partial charge is 0.481 e. The Morgan fingerprint density at radius 3 is 2.60 bits per heavy atom. The summed E-state index contributed by atoms with van der Waals surface area (Å²) in [5.74, 6) is -1.50. The molecule has 0 bridgehead atoms. The van der Waals surface area contributed by atoms with Gasteiger partial charge in [-0.1, -0.05) is 6.92 Å². The zero-order valence-electron chi connectivity index (χ0n) is 9.08. The van der Waals surface area contributed by atoms with E-state index in [4.69, 9.17) is 9.84 Å². The van der Waals surface area contributed by atoms with Gasteiger partial charge in [0.15, 0.2) is 0 Å². The number of carbonyl (C=O) groups excluding carboxylic acids is 1. The van der Waals surface area contributed by atoms with Crippen molar-refractivity contribution < 1.29 is 19.4 Å². The minimum Gasteiger partial charge on any atom is -0.481 e. The van der Waals surface area contributed by atoms with Crippen molar-refractivity contribution in [2.24, 2.45) is 5.92 Å². The second-order valence-corrected chi connectivity index (χ2v) is 3.22. The molecule has 1 unspecified atom stereocenters. The lowest BCUT2D eigenvalue weighted by atomic mass is 10.2. The third kappa shape index (κ3) is 7.75. The Bertz CT molecular complexity index is 208. The van der Waals surface area contributed by atoms with E-state index >= 15 is 0 Å². The maximum absolute atomic E-state index is 11.1. The van der Waals surface area contributed by atoms with Gasteiger partial charge in [0.2, 0.25) is 0 Å². The average molecular weight is 218 g/mol. The predicted octanol–water partition coefficient (Wildman–Crippen LogP) is 0.0428. The number of nitrogens with one attached hydrogen (secondary N) is 2. The number of aliphatic carboxylic acids is 1. The van der Waals surface area contributed by atoms with Crippen LogP contribution in [-0.4, -0.2) is 43.9 Å². The zero-order valence-corrected chi connectivity index (χ0v) is 9.08. The number of hydrogen-bond acceptors (Lipinski definition) is 3. The SMILES string of the molecule is COCCCNC(=O)NCC(C)C(=O)O. The molecule has 0 aliphatic heterocycles. The molecular formula is C9H18N2O4. The van der Waals surface area contributed by atoms with E-state index in [1.807, 2.05) is 0 Å². The number of carboxylic acids is 1. The van der Waals surface area contributed by atoms with Crippen molar-refractivity contribution in [3.63, 3.8) is 0 Å². The van der Waals surface area contributed by atoms with Crippen molar-refractivity contribution in [2.75, 3.05) is 26.8 Å². The van der Waals surface area contributed by atoms with Gasteiger partial charge in [-0.05, 0) is 6.42 Å². The molecule has 6 nitrogen and oxygen atoms in total. The second kappa shape index (κ2) is 8.05. The summed E-state index contributed by atoms with van der Waals surface area (Å²) in [6.07, 6.45) is 0.735. The van der Waals surface area contributed by atoms with E-state index in [1.54, 1.807) is 7.11 Å². The normalized spacial score (nSPS) is 11.9. The number of ether oxygens (including phenoxy) is 1. The lowest BCUT2D eigenvalue weighted by Crippen LogP contribution is -2.39. The maximum atomic E-state index is 11.1. The molecule has 0 rings (SSSR count). The van der Waals surface area contributed by atoms with E-state index in [0.29, 0.717) is 13.2 Å². The van der Waals surface area contributed by atoms with Crippen LogP contribution < -0.4 is 10.6 Å². The van der Waals surface area contributed by atoms with Crippen LogP contribution in [-0.2, 0) is 9.53 Å². The summed E-state index contributed by atoms with van der Waals surface area (Å²) in [5.41, 5.74) is 0. The van der Waals surface area contributed by atoms with Gasteiger partial charge >= 0.3 is 12.0 Å². The Morgan fingerprint density at radius 1 is 1.40 bits per heavy atom. The number of carbonyl (C=O) groups is 2. The Hall–Kier alpha value is -1.30. The molecule has 0 radical (unpaired) electrons. The van der Waals surface area contributed by atoms with Gasteiger partial charge in [0.1, 0.15) is 0 Å². The molecule has 2 amide bonds. The van der Waals surface area contributed by atoms with E-state index in [-0.39, 0.29) is 12.6 Å². The van der Waals surface area contributed by atoms with Crippen molar-refractivity contribution in [2.45, 2.75) is 13.3 Å². The molecule has 0 aliphatic carbocycles. The molecule has 88 valence electrons. The molecule has 3 N–H and O–H groups in total. The van der Waals surface area contributed by atoms with E-state index < -0.39 is 11.9 Å². The quantitative estimate of drug-likeness (QED) is 0.526. The molecular weight excluding hydrogens is 200 g/mol. The van der Waals surface area contributed by atoms with Crippen molar-refractivity contribution in [3.05, 3.63) is 0 Å². The van der Waals surface area contributed by atoms with Gasteiger partial charge in [0.05, 0.1) is 5.92 Å². The Morgan fingerprint density at radius 2 is 2.07 bits per heavy atom. The fourth-order valence-electron chi connectivity index (χ4n) is 0.814. The van der Waals surface area contributed by atoms with Crippen LogP contribution >= 0.6 is 0 Å². The monoisotopic (exact) mass is 218 g/mol. The molecule has 0 fully saturated rings. The Kier molecular flexibility index (Phi) is 7.35. The van der Waals surface area contributed by atoms with Crippen LogP contribution in [0, 0.1) is 5.92 Å². The molecule has 1 atom stereocenters. The highest BCUT2D eigenvalue weighted by Gasteiger charge is 2.11. The smallest absolute Gasteiger partial charge is 0.314 e. The summed E-state index contributed by atoms with van der Waals surface area (Å²) in [6, 6.07) is -0.348. The number of hydrogen-bond donors (Lipinski definition) is 3. The van der Waals surface area contributed by atoms with Crippen molar-refractivity contribution >= 4 is 12.0 Å². The van der Waals surface area contributed by atoms with Gasteiger partial charge in [-0.15, -0.1) is 0 Å². The van der Waals surface area contributed by atoms with Crippen molar-refractivity contribution in [3.8, 4) is 0 Å². The first-order valence-corrected chi connectivity index (χ1v) is 4.81. The van der Waals surface area contributed by atoms with Crippen LogP contribution in [0.1, 0.15) is 13.3 Å². The molecule has 0 saturated carbocycles. The molecule has 0 aromatic heterocycles. The minimum atomic E-state index is -0.922. The first-order valence-electron chi connectivity index (χ1n) is 4.81. The van der Waals surface area contributed by atoms with E-state index in [9.17, 15) is 9.59 Å². The average Bonchev–Trinajstić information content (AvgIpc) is 2.20. The first kappa shape index (κ1) is 13.7. The topological polar surface area (TPSA) is 87.7 Å². The number of methoxy groups -OCH3 is 1. The van der Waals surface area contributed by atoms with Crippen LogP contribution in [0.15, 0.2) is 0 Å². The minimum absolute atomic E-state index is 0.130. The summed E-state index contributed by atoms with van der Waals surface area (Å²) in [5, 5.41) is 13.6. The standard InChI is InChI=1S/C9H18N2O4/c1-7(8(12)13)6-11-9(14)10-4-3-5-15-2/h7H,3-6H2,1-2H3,(H,12,13)(H2,10,11,14). The highest BCUT2D eigenvalue weighted by atomic mass is 16.5. The lowest BCUT2D eigenvalue weighted by molar-refractivity contribution is -0.140. The van der Waals surface area contributed by atoms with Gasteiger partial charge in [0, 0.05) is 26.8 Å². The van der Waals surface area contributed by atoms with E-state index in [1.165, 1.54) is 6.92 Å². The second-order valence-electron chi connectivity index (χ2n) is 3.22. The van der Waals surface area contributed by atoms with Crippen LogP contribution in [0.2, 0.25) is 0 Å². The summed E-state index contributed by atoms with van der Waals surface area (Å²) >= 11 is 0. The molecule has 0 aromatic rings. The van der Waals surface area contributed by atoms with Gasteiger partial charge < -0.3 is 20.5 Å². The number of carboxylic acid groups (broad SMARTS) is 1. The van der Waals surface area contributed by atoms with Crippen LogP contribution in [0.3, 0.4) is 0 Å². The maximum Gasteiger partial charge on any atom is 0.314 e. The van der Waals surface area contributed by atoms with Crippen LogP contribution in [0.4, 0.5) is 4.79 Å². The number of urea groups is 1. The van der Waals surface area contributed by atoms with Crippen molar-refractivity contribution in [1.29, 1.82) is 0 Å². The third-order valence-corrected chi connectivity index (χ3v) is 1.80. The third-order valence-electron chi connectivity index (χ3n) is 1.80. The fourth-order valence-corrected chi connectivity index (χ4v) is 0.814. The Balaban J connectivity index is 3.45. The van der Waals surface area contributed by atoms with Crippen molar-refractivity contribution in [1.82, 2.24) is 10.6 Å². The number of rotatable bonds is 7. The molecule has 6 heteroatoms. The zero-order chi connectivity index (χ0) is 11.7. The highest BCUT2D eigenvalue weighted by Crippen LogP contribution is 1.90. The van der Waals surface area contributed by atoms with E-state index in [0.717, 1.165) is 6.42 Å². The van der Waals surface area contributed by atoms with Gasteiger partial charge in [-0.3, -0.25) is 4.79 Å². The summed E-state index contributed by atoms with van der Waals surface area (Å²) in [4.78, 5) is 21.5. The molecule has 0 spiro atoms. The summed E-state index contributed by atoms with van der Waals surface area (Å²) < 4.78 is 4.80. The van der Waals surface area contributed by atoms with Gasteiger partial charge in [0.25, 0.3) is 0 Å². The molecule has 0 heterocycles. The molecule has 0 aromatic carbocycles. The molecule has 0 saturated heterocycles. The van der Waals surface area contributed by atoms with Crippen LogP contribution in [0.25, 0.3) is 0 Å². The van der Waals surface area contributed by atoms with Gasteiger partial charge in [-0.2, -0.15) is 0 Å². The van der Waals surface area contributed by atoms with Gasteiger partial charge in [-0.25, -0.2) is 4.79 Å². The molecule has 0 aliphatic rings. The van der Waals surface area contributed by atoms with Crippen LogP contribution in [0.5, 0.6) is 0 Å². The highest BCUT2D eigenvalue weighted by molar-refractivity contribution is 5.75. The summed E-state index contributed by atoms with van der Waals surface area (Å²) in [7, 11) is 1.59.